The maximum Gasteiger partial charge on any atom is 0.219 e. The molecule has 0 N–H and O–H groups in total. The number of hydrogen-bond acceptors (Lipinski definition) is 3. The minimum absolute atomic E-state index is 0.233. The van der Waals surface area contributed by atoms with Gasteiger partial charge in [0.2, 0.25) is 5.88 Å². The number of benzene rings is 1. The van der Waals surface area contributed by atoms with Crippen molar-refractivity contribution >= 4 is 6.29 Å². The Morgan fingerprint density at radius 3 is 2.12 bits per heavy atom. The Bertz CT molecular complexity index is 722. The highest BCUT2D eigenvalue weighted by molar-refractivity contribution is 5.74. The Labute approximate surface area is 198 Å². The van der Waals surface area contributed by atoms with Gasteiger partial charge < -0.3 is 4.74 Å². The third-order valence-electron chi connectivity index (χ3n) is 6.29. The second-order valence-corrected chi connectivity index (χ2v) is 7.77. The molecule has 0 amide bonds. The van der Waals surface area contributed by atoms with Crippen LogP contribution in [0, 0.1) is 11.8 Å². The lowest BCUT2D eigenvalue weighted by Crippen LogP contribution is -2.41. The van der Waals surface area contributed by atoms with Crippen LogP contribution in [0.4, 0.5) is 0 Å². The molecular weight excluding hydrogens is 394 g/mol. The molecule has 0 spiro atoms. The second kappa shape index (κ2) is 16.5. The number of carbonyl (C=O) groups excluding carboxylic acids is 1. The summed E-state index contributed by atoms with van der Waals surface area (Å²) in [5.74, 6) is 2.72. The van der Waals surface area contributed by atoms with Gasteiger partial charge in [-0.15, -0.1) is 0 Å². The van der Waals surface area contributed by atoms with Crippen LogP contribution in [0.15, 0.2) is 42.6 Å². The van der Waals surface area contributed by atoms with E-state index in [4.69, 9.17) is 4.74 Å². The van der Waals surface area contributed by atoms with E-state index >= 15 is 0 Å². The second-order valence-electron chi connectivity index (χ2n) is 7.77. The summed E-state index contributed by atoms with van der Waals surface area (Å²) in [5.41, 5.74) is 2.20. The van der Waals surface area contributed by atoms with E-state index in [2.05, 4.69) is 37.9 Å². The van der Waals surface area contributed by atoms with Crippen molar-refractivity contribution in [3.05, 3.63) is 53.7 Å². The third-order valence-corrected chi connectivity index (χ3v) is 6.29. The first-order chi connectivity index (χ1) is 15.6. The SMILES string of the molecule is CC.CC.CC.CCCC1CCCC(C)C1(C)c1ccc(Oc2ccc(C=O)cn2)cc1. The fraction of sp³-hybridized carbons (Fsp3) is 0.586. The third kappa shape index (κ3) is 7.76. The first kappa shape index (κ1) is 29.8. The highest BCUT2D eigenvalue weighted by atomic mass is 16.5. The van der Waals surface area contributed by atoms with E-state index < -0.39 is 0 Å². The molecule has 180 valence electrons. The number of nitrogens with zero attached hydrogens (tertiary/aromatic N) is 1. The van der Waals surface area contributed by atoms with E-state index in [0.717, 1.165) is 18.0 Å². The quantitative estimate of drug-likeness (QED) is 0.419. The molecule has 1 aromatic heterocycles. The lowest BCUT2D eigenvalue weighted by atomic mass is 9.57. The van der Waals surface area contributed by atoms with Gasteiger partial charge in [0, 0.05) is 17.8 Å². The number of rotatable bonds is 6. The molecule has 1 fully saturated rings. The molecule has 0 radical (unpaired) electrons. The van der Waals surface area contributed by atoms with Crippen LogP contribution in [0.25, 0.3) is 0 Å². The minimum atomic E-state index is 0.233. The predicted octanol–water partition coefficient (Wildman–Crippen LogP) is 9.26. The van der Waals surface area contributed by atoms with Crippen LogP contribution >= 0.6 is 0 Å². The summed E-state index contributed by atoms with van der Waals surface area (Å²) < 4.78 is 5.83. The van der Waals surface area contributed by atoms with E-state index in [0.29, 0.717) is 17.4 Å². The maximum absolute atomic E-state index is 10.7. The summed E-state index contributed by atoms with van der Waals surface area (Å²) >= 11 is 0. The normalized spacial score (nSPS) is 21.4. The van der Waals surface area contributed by atoms with Crippen molar-refractivity contribution in [2.45, 2.75) is 99.8 Å². The largest absolute Gasteiger partial charge is 0.439 e. The zero-order valence-corrected chi connectivity index (χ0v) is 22.1. The molecule has 3 rings (SSSR count). The lowest BCUT2D eigenvalue weighted by Gasteiger charge is -2.47. The van der Waals surface area contributed by atoms with Crippen LogP contribution in [-0.2, 0) is 5.41 Å². The Kier molecular flexibility index (Phi) is 15.4. The Balaban J connectivity index is 0.00000148. The highest BCUT2D eigenvalue weighted by Crippen LogP contribution is 2.49. The van der Waals surface area contributed by atoms with E-state index in [1.807, 2.05) is 53.7 Å². The Morgan fingerprint density at radius 2 is 1.62 bits per heavy atom. The van der Waals surface area contributed by atoms with Gasteiger partial charge in [0.25, 0.3) is 0 Å². The molecule has 3 heteroatoms. The van der Waals surface area contributed by atoms with Crippen LogP contribution in [0.5, 0.6) is 11.6 Å². The molecule has 3 nitrogen and oxygen atoms in total. The first-order valence-corrected chi connectivity index (χ1v) is 12.8. The van der Waals surface area contributed by atoms with Gasteiger partial charge in [-0.1, -0.05) is 87.3 Å². The van der Waals surface area contributed by atoms with Gasteiger partial charge in [-0.05, 0) is 60.3 Å². The van der Waals surface area contributed by atoms with Crippen LogP contribution in [0.3, 0.4) is 0 Å². The Morgan fingerprint density at radius 1 is 1.00 bits per heavy atom. The van der Waals surface area contributed by atoms with Gasteiger partial charge >= 0.3 is 0 Å². The van der Waals surface area contributed by atoms with Crippen molar-refractivity contribution in [3.8, 4) is 11.6 Å². The molecular formula is C29H47NO2. The van der Waals surface area contributed by atoms with Gasteiger partial charge in [-0.25, -0.2) is 4.98 Å². The molecule has 0 aliphatic heterocycles. The summed E-state index contributed by atoms with van der Waals surface area (Å²) in [6.45, 7) is 19.1. The number of pyridine rings is 1. The van der Waals surface area contributed by atoms with Crippen LogP contribution < -0.4 is 4.74 Å². The molecule has 1 aliphatic carbocycles. The van der Waals surface area contributed by atoms with Crippen molar-refractivity contribution in [2.24, 2.45) is 11.8 Å². The molecule has 1 saturated carbocycles. The fourth-order valence-electron chi connectivity index (χ4n) is 4.51. The average Bonchev–Trinajstić information content (AvgIpc) is 2.87. The number of aromatic nitrogens is 1. The van der Waals surface area contributed by atoms with Crippen LogP contribution in [0.2, 0.25) is 0 Å². The fourth-order valence-corrected chi connectivity index (χ4v) is 4.51. The molecule has 3 unspecified atom stereocenters. The predicted molar refractivity (Wildman–Crippen MR) is 139 cm³/mol. The van der Waals surface area contributed by atoms with Gasteiger partial charge in [-0.2, -0.15) is 0 Å². The van der Waals surface area contributed by atoms with Gasteiger partial charge in [0.1, 0.15) is 5.75 Å². The molecule has 3 atom stereocenters. The van der Waals surface area contributed by atoms with Crippen molar-refractivity contribution in [1.29, 1.82) is 0 Å². The van der Waals surface area contributed by atoms with Gasteiger partial charge in [0.05, 0.1) is 0 Å². The average molecular weight is 442 g/mol. The number of carbonyl (C=O) groups is 1. The highest BCUT2D eigenvalue weighted by Gasteiger charge is 2.42. The molecule has 2 aromatic rings. The smallest absolute Gasteiger partial charge is 0.219 e. The monoisotopic (exact) mass is 441 g/mol. The summed E-state index contributed by atoms with van der Waals surface area (Å²) in [5, 5.41) is 0. The molecule has 0 bridgehead atoms. The van der Waals surface area contributed by atoms with Gasteiger partial charge in [-0.3, -0.25) is 4.79 Å². The first-order valence-electron chi connectivity index (χ1n) is 12.8. The number of ether oxygens (including phenoxy) is 1. The molecule has 32 heavy (non-hydrogen) atoms. The van der Waals surface area contributed by atoms with Crippen LogP contribution in [-0.4, -0.2) is 11.3 Å². The van der Waals surface area contributed by atoms with E-state index in [1.165, 1.54) is 43.9 Å². The van der Waals surface area contributed by atoms with Crippen molar-refractivity contribution < 1.29 is 9.53 Å². The summed E-state index contributed by atoms with van der Waals surface area (Å²) in [6, 6.07) is 12.0. The van der Waals surface area contributed by atoms with E-state index in [-0.39, 0.29) is 5.41 Å². The minimum Gasteiger partial charge on any atom is -0.439 e. The molecule has 1 heterocycles. The van der Waals surface area contributed by atoms with Crippen LogP contribution in [0.1, 0.15) is 110 Å². The van der Waals surface area contributed by atoms with Crippen molar-refractivity contribution in [1.82, 2.24) is 4.98 Å². The number of hydrogen-bond donors (Lipinski definition) is 0. The number of aldehydes is 1. The van der Waals surface area contributed by atoms with E-state index in [1.54, 1.807) is 12.1 Å². The maximum atomic E-state index is 10.7. The zero-order valence-electron chi connectivity index (χ0n) is 22.1. The zero-order chi connectivity index (χ0) is 24.6. The standard InChI is InChI=1S/C23H29NO2.3C2H6/c1-4-6-19-8-5-7-17(2)23(19,3)20-10-12-21(13-11-20)26-22-14-9-18(16-25)15-24-22;3*1-2/h9-17,19H,4-8H2,1-3H3;3*1-2H3. The summed E-state index contributed by atoms with van der Waals surface area (Å²) in [7, 11) is 0. The van der Waals surface area contributed by atoms with Gasteiger partial charge in [0.15, 0.2) is 6.29 Å². The molecule has 1 aliphatic rings. The van der Waals surface area contributed by atoms with Crippen molar-refractivity contribution in [3.63, 3.8) is 0 Å². The molecule has 1 aromatic carbocycles. The Hall–Kier alpha value is -2.16. The summed E-state index contributed by atoms with van der Waals surface area (Å²) in [6.07, 6.45) is 8.84. The molecule has 0 saturated heterocycles. The van der Waals surface area contributed by atoms with Crippen molar-refractivity contribution in [2.75, 3.05) is 0 Å². The summed E-state index contributed by atoms with van der Waals surface area (Å²) in [4.78, 5) is 14.9. The topological polar surface area (TPSA) is 39.2 Å². The van der Waals surface area contributed by atoms with E-state index in [9.17, 15) is 4.79 Å². The lowest BCUT2D eigenvalue weighted by molar-refractivity contribution is 0.112.